The lowest BCUT2D eigenvalue weighted by Gasteiger charge is -1.92. The number of rotatable bonds is 2. The van der Waals surface area contributed by atoms with Crippen LogP contribution in [-0.2, 0) is 4.79 Å². The Morgan fingerprint density at radius 2 is 2.08 bits per heavy atom. The second-order valence-electron chi connectivity index (χ2n) is 2.19. The van der Waals surface area contributed by atoms with Crippen molar-refractivity contribution in [2.75, 3.05) is 0 Å². The molecule has 0 heterocycles. The molecule has 0 fully saturated rings. The summed E-state index contributed by atoms with van der Waals surface area (Å²) in [6.07, 6.45) is 2.12. The average Bonchev–Trinajstić information content (AvgIpc) is 2.03. The Bertz CT molecular complexity index is 318. The van der Waals surface area contributed by atoms with Gasteiger partial charge in [0.1, 0.15) is 5.82 Å². The zero-order valence-corrected chi connectivity index (χ0v) is 6.20. The predicted octanol–water partition coefficient (Wildman–Crippen LogP) is 1.92. The predicted molar refractivity (Wildman–Crippen MR) is 43.1 cm³/mol. The molecule has 0 radical (unpaired) electrons. The molecule has 1 aromatic carbocycles. The Hall–Kier alpha value is -1.64. The summed E-state index contributed by atoms with van der Waals surface area (Å²) in [4.78, 5) is 10.1. The standard InChI is InChI=1S/C9H7FO2/c10-8-4-2-1-3-7(8)5-6-9(11)12/h1-6H,(H,11,12)/b6-5-. The van der Waals surface area contributed by atoms with Gasteiger partial charge >= 0.3 is 5.97 Å². The minimum atomic E-state index is -1.08. The molecule has 1 aromatic rings. The van der Waals surface area contributed by atoms with E-state index in [9.17, 15) is 9.18 Å². The highest BCUT2D eigenvalue weighted by atomic mass is 19.1. The summed E-state index contributed by atoms with van der Waals surface area (Å²) in [7, 11) is 0. The Morgan fingerprint density at radius 3 is 2.67 bits per heavy atom. The first-order valence-corrected chi connectivity index (χ1v) is 3.35. The first-order chi connectivity index (χ1) is 5.70. The van der Waals surface area contributed by atoms with Crippen LogP contribution in [0.15, 0.2) is 30.3 Å². The molecule has 2 nitrogen and oxygen atoms in total. The van der Waals surface area contributed by atoms with Crippen molar-refractivity contribution in [3.8, 4) is 0 Å². The topological polar surface area (TPSA) is 37.3 Å². The molecule has 0 saturated carbocycles. The zero-order valence-electron chi connectivity index (χ0n) is 6.20. The van der Waals surface area contributed by atoms with Crippen LogP contribution >= 0.6 is 0 Å². The first-order valence-electron chi connectivity index (χ1n) is 3.35. The van der Waals surface area contributed by atoms with Crippen LogP contribution in [-0.4, -0.2) is 11.1 Å². The van der Waals surface area contributed by atoms with Crippen LogP contribution in [0.3, 0.4) is 0 Å². The molecule has 0 amide bonds. The summed E-state index contributed by atoms with van der Waals surface area (Å²) >= 11 is 0. The summed E-state index contributed by atoms with van der Waals surface area (Å²) in [5.41, 5.74) is 0.278. The molecule has 3 heteroatoms. The van der Waals surface area contributed by atoms with Crippen molar-refractivity contribution in [3.05, 3.63) is 41.7 Å². The summed E-state index contributed by atoms with van der Waals surface area (Å²) in [6.45, 7) is 0. The van der Waals surface area contributed by atoms with Gasteiger partial charge in [0.15, 0.2) is 0 Å². The number of carboxylic acid groups (broad SMARTS) is 1. The molecule has 0 aliphatic carbocycles. The van der Waals surface area contributed by atoms with Gasteiger partial charge in [-0.25, -0.2) is 9.18 Å². The van der Waals surface area contributed by atoms with Gasteiger partial charge in [-0.3, -0.25) is 0 Å². The second-order valence-corrected chi connectivity index (χ2v) is 2.19. The van der Waals surface area contributed by atoms with Crippen molar-refractivity contribution in [3.63, 3.8) is 0 Å². The van der Waals surface area contributed by atoms with E-state index in [1.54, 1.807) is 12.1 Å². The van der Waals surface area contributed by atoms with E-state index in [1.807, 2.05) is 0 Å². The van der Waals surface area contributed by atoms with Crippen molar-refractivity contribution in [1.29, 1.82) is 0 Å². The molecule has 0 bridgehead atoms. The van der Waals surface area contributed by atoms with Crippen molar-refractivity contribution >= 4 is 12.0 Å². The van der Waals surface area contributed by atoms with Crippen LogP contribution < -0.4 is 0 Å². The molecule has 0 saturated heterocycles. The minimum absolute atomic E-state index is 0.278. The number of halogens is 1. The third-order valence-electron chi connectivity index (χ3n) is 1.31. The fraction of sp³-hybridized carbons (Fsp3) is 0. The third-order valence-corrected chi connectivity index (χ3v) is 1.31. The molecule has 0 atom stereocenters. The number of carboxylic acids is 1. The Morgan fingerprint density at radius 1 is 1.42 bits per heavy atom. The highest BCUT2D eigenvalue weighted by molar-refractivity contribution is 5.85. The molecule has 1 N–H and O–H groups in total. The van der Waals surface area contributed by atoms with Crippen molar-refractivity contribution in [2.45, 2.75) is 0 Å². The fourth-order valence-corrected chi connectivity index (χ4v) is 0.771. The number of carbonyl (C=O) groups is 1. The van der Waals surface area contributed by atoms with Gasteiger partial charge in [-0.05, 0) is 12.1 Å². The molecule has 0 aliphatic heterocycles. The van der Waals surface area contributed by atoms with Crippen LogP contribution in [0.1, 0.15) is 5.56 Å². The lowest BCUT2D eigenvalue weighted by atomic mass is 10.2. The van der Waals surface area contributed by atoms with Crippen LogP contribution in [0.5, 0.6) is 0 Å². The molecule has 12 heavy (non-hydrogen) atoms. The maximum absolute atomic E-state index is 12.8. The summed E-state index contributed by atoms with van der Waals surface area (Å²) < 4.78 is 12.8. The fourth-order valence-electron chi connectivity index (χ4n) is 0.771. The molecule has 0 unspecified atom stereocenters. The van der Waals surface area contributed by atoms with Crippen molar-refractivity contribution < 1.29 is 14.3 Å². The van der Waals surface area contributed by atoms with E-state index in [0.717, 1.165) is 6.08 Å². The quantitative estimate of drug-likeness (QED) is 0.681. The SMILES string of the molecule is O=C(O)/C=C\c1ccccc1F. The lowest BCUT2D eigenvalue weighted by Crippen LogP contribution is -1.87. The van der Waals surface area contributed by atoms with Gasteiger partial charge in [0.05, 0.1) is 0 Å². The summed E-state index contributed by atoms with van der Waals surface area (Å²) in [5.74, 6) is -1.51. The highest BCUT2D eigenvalue weighted by Crippen LogP contribution is 2.07. The van der Waals surface area contributed by atoms with E-state index in [1.165, 1.54) is 18.2 Å². The molecule has 0 aliphatic rings. The van der Waals surface area contributed by atoms with E-state index < -0.39 is 11.8 Å². The Labute approximate surface area is 69.0 Å². The van der Waals surface area contributed by atoms with E-state index >= 15 is 0 Å². The van der Waals surface area contributed by atoms with E-state index in [0.29, 0.717) is 0 Å². The second kappa shape index (κ2) is 3.67. The molecule has 62 valence electrons. The molecule has 0 spiro atoms. The third kappa shape index (κ3) is 2.20. The van der Waals surface area contributed by atoms with Gasteiger partial charge in [-0.2, -0.15) is 0 Å². The molecular weight excluding hydrogens is 159 g/mol. The maximum atomic E-state index is 12.8. The van der Waals surface area contributed by atoms with Gasteiger partial charge in [-0.15, -0.1) is 0 Å². The Kier molecular flexibility index (Phi) is 2.58. The zero-order chi connectivity index (χ0) is 8.97. The highest BCUT2D eigenvalue weighted by Gasteiger charge is 1.95. The van der Waals surface area contributed by atoms with E-state index in [4.69, 9.17) is 5.11 Å². The van der Waals surface area contributed by atoms with Crippen LogP contribution in [0, 0.1) is 5.82 Å². The lowest BCUT2D eigenvalue weighted by molar-refractivity contribution is -0.131. The van der Waals surface area contributed by atoms with Crippen LogP contribution in [0.4, 0.5) is 4.39 Å². The number of aliphatic carboxylic acids is 1. The summed E-state index contributed by atoms with van der Waals surface area (Å²) in [5, 5.41) is 8.26. The van der Waals surface area contributed by atoms with Crippen LogP contribution in [0.25, 0.3) is 6.08 Å². The van der Waals surface area contributed by atoms with Crippen molar-refractivity contribution in [1.82, 2.24) is 0 Å². The number of hydrogen-bond acceptors (Lipinski definition) is 1. The average molecular weight is 166 g/mol. The molecule has 1 rings (SSSR count). The summed E-state index contributed by atoms with van der Waals surface area (Å²) in [6, 6.07) is 5.98. The van der Waals surface area contributed by atoms with E-state index in [-0.39, 0.29) is 5.56 Å². The minimum Gasteiger partial charge on any atom is -0.478 e. The van der Waals surface area contributed by atoms with Gasteiger partial charge in [0, 0.05) is 11.6 Å². The van der Waals surface area contributed by atoms with Gasteiger partial charge < -0.3 is 5.11 Å². The van der Waals surface area contributed by atoms with E-state index in [2.05, 4.69) is 0 Å². The molecular formula is C9H7FO2. The van der Waals surface area contributed by atoms with Gasteiger partial charge in [0.2, 0.25) is 0 Å². The monoisotopic (exact) mass is 166 g/mol. The molecule has 0 aromatic heterocycles. The van der Waals surface area contributed by atoms with Gasteiger partial charge in [0.25, 0.3) is 0 Å². The maximum Gasteiger partial charge on any atom is 0.328 e. The van der Waals surface area contributed by atoms with Gasteiger partial charge in [-0.1, -0.05) is 18.2 Å². The normalized spacial score (nSPS) is 10.4. The smallest absolute Gasteiger partial charge is 0.328 e. The number of hydrogen-bond donors (Lipinski definition) is 1. The van der Waals surface area contributed by atoms with Crippen molar-refractivity contribution in [2.24, 2.45) is 0 Å². The number of benzene rings is 1. The largest absolute Gasteiger partial charge is 0.478 e. The first kappa shape index (κ1) is 8.46. The Balaban J connectivity index is 2.89. The van der Waals surface area contributed by atoms with Crippen LogP contribution in [0.2, 0.25) is 0 Å².